The highest BCUT2D eigenvalue weighted by molar-refractivity contribution is 7.47. The molecule has 0 aliphatic heterocycles. The summed E-state index contributed by atoms with van der Waals surface area (Å²) >= 11 is 0. The molecule has 19 heteroatoms. The van der Waals surface area contributed by atoms with Crippen LogP contribution in [0.1, 0.15) is 376 Å². The molecule has 0 aliphatic carbocycles. The molecule has 0 saturated heterocycles. The fourth-order valence-corrected chi connectivity index (χ4v) is 13.0. The van der Waals surface area contributed by atoms with E-state index in [1.54, 1.807) is 0 Å². The van der Waals surface area contributed by atoms with Gasteiger partial charge in [-0.1, -0.05) is 325 Å². The third-order valence-electron chi connectivity index (χ3n) is 17.3. The van der Waals surface area contributed by atoms with Crippen molar-refractivity contribution in [3.63, 3.8) is 0 Å². The highest BCUT2D eigenvalue weighted by Gasteiger charge is 2.30. The van der Waals surface area contributed by atoms with Crippen molar-refractivity contribution in [3.05, 3.63) is 0 Å². The zero-order valence-electron chi connectivity index (χ0n) is 61.6. The van der Waals surface area contributed by atoms with Crippen LogP contribution in [-0.4, -0.2) is 96.7 Å². The summed E-state index contributed by atoms with van der Waals surface area (Å²) in [6, 6.07) is 0. The Kier molecular flexibility index (Phi) is 63.1. The molecule has 5 atom stereocenters. The van der Waals surface area contributed by atoms with Gasteiger partial charge in [0.2, 0.25) is 0 Å². The molecule has 0 radical (unpaired) electrons. The smallest absolute Gasteiger partial charge is 0.462 e. The minimum atomic E-state index is -4.96. The molecule has 0 aliphatic rings. The maximum absolute atomic E-state index is 13.1. The number of esters is 4. The van der Waals surface area contributed by atoms with E-state index < -0.39 is 97.5 Å². The molecule has 0 spiro atoms. The summed E-state index contributed by atoms with van der Waals surface area (Å²) in [7, 11) is -9.91. The van der Waals surface area contributed by atoms with Gasteiger partial charge in [-0.2, -0.15) is 0 Å². The van der Waals surface area contributed by atoms with Gasteiger partial charge in [-0.25, -0.2) is 9.13 Å². The van der Waals surface area contributed by atoms with E-state index in [0.717, 1.165) is 114 Å². The minimum Gasteiger partial charge on any atom is -0.462 e. The van der Waals surface area contributed by atoms with Gasteiger partial charge < -0.3 is 33.8 Å². The molecule has 558 valence electrons. The maximum Gasteiger partial charge on any atom is 0.472 e. The molecule has 0 rings (SSSR count). The number of unbranched alkanes of at least 4 members (excludes halogenated alkanes) is 38. The Morgan fingerprint density at radius 2 is 0.447 bits per heavy atom. The van der Waals surface area contributed by atoms with Crippen molar-refractivity contribution in [3.8, 4) is 0 Å². The van der Waals surface area contributed by atoms with E-state index in [-0.39, 0.29) is 25.7 Å². The van der Waals surface area contributed by atoms with Crippen LogP contribution in [0.3, 0.4) is 0 Å². The van der Waals surface area contributed by atoms with Crippen molar-refractivity contribution in [2.45, 2.75) is 395 Å². The minimum absolute atomic E-state index is 0.104. The number of rotatable bonds is 72. The van der Waals surface area contributed by atoms with Crippen LogP contribution in [0.25, 0.3) is 0 Å². The molecule has 0 bridgehead atoms. The Balaban J connectivity index is 5.24. The van der Waals surface area contributed by atoms with Crippen LogP contribution in [0.5, 0.6) is 0 Å². The van der Waals surface area contributed by atoms with Crippen LogP contribution >= 0.6 is 15.6 Å². The number of carbonyl (C=O) groups excluding carboxylic acids is 4. The van der Waals surface area contributed by atoms with Gasteiger partial charge in [-0.3, -0.25) is 37.3 Å². The van der Waals surface area contributed by atoms with Crippen LogP contribution in [0.15, 0.2) is 0 Å². The third kappa shape index (κ3) is 68.6. The SMILES string of the molecule is CC(C)CCCCCCCCCCCCCCCCC(=O)O[C@H](COC(=O)CCCCCCCCCCCCCCC(C)C)COP(=O)(O)OC[C@@H](O)COP(=O)(O)OC[C@@H](COC(=O)CCCCCCCCC(C)C)OC(=O)CCCCCCCCCCCCC(C)C. The van der Waals surface area contributed by atoms with Gasteiger partial charge in [-0.05, 0) is 49.4 Å². The predicted molar refractivity (Wildman–Crippen MR) is 381 cm³/mol. The number of hydrogen-bond acceptors (Lipinski definition) is 15. The zero-order valence-corrected chi connectivity index (χ0v) is 63.4. The highest BCUT2D eigenvalue weighted by Crippen LogP contribution is 2.45. The van der Waals surface area contributed by atoms with Crippen LogP contribution < -0.4 is 0 Å². The lowest BCUT2D eigenvalue weighted by Crippen LogP contribution is -2.30. The average molecular weight is 1380 g/mol. The Labute approximate surface area is 575 Å². The van der Waals surface area contributed by atoms with Gasteiger partial charge in [-0.15, -0.1) is 0 Å². The van der Waals surface area contributed by atoms with Crippen LogP contribution in [0.4, 0.5) is 0 Å². The molecule has 2 unspecified atom stereocenters. The largest absolute Gasteiger partial charge is 0.472 e. The number of carbonyl (C=O) groups is 4. The lowest BCUT2D eigenvalue weighted by molar-refractivity contribution is -0.161. The molecular formula is C75H146O17P2. The van der Waals surface area contributed by atoms with Gasteiger partial charge in [0, 0.05) is 25.7 Å². The molecule has 0 heterocycles. The monoisotopic (exact) mass is 1380 g/mol. The molecule has 0 aromatic rings. The summed E-state index contributed by atoms with van der Waals surface area (Å²) in [6.07, 6.45) is 48.7. The fourth-order valence-electron chi connectivity index (χ4n) is 11.4. The van der Waals surface area contributed by atoms with Crippen LogP contribution in [0.2, 0.25) is 0 Å². The molecular weight excluding hydrogens is 1230 g/mol. The number of phosphoric ester groups is 2. The summed E-state index contributed by atoms with van der Waals surface area (Å²) in [4.78, 5) is 72.7. The Morgan fingerprint density at radius 3 is 0.660 bits per heavy atom. The second-order valence-corrected chi connectivity index (χ2v) is 31.9. The molecule has 0 aromatic carbocycles. The van der Waals surface area contributed by atoms with Crippen molar-refractivity contribution < 1.29 is 80.2 Å². The molecule has 0 amide bonds. The zero-order chi connectivity index (χ0) is 69.6. The number of aliphatic hydroxyl groups is 1. The van der Waals surface area contributed by atoms with E-state index in [4.69, 9.17) is 37.0 Å². The molecule has 0 fully saturated rings. The van der Waals surface area contributed by atoms with Crippen molar-refractivity contribution in [2.75, 3.05) is 39.6 Å². The normalized spacial score (nSPS) is 14.2. The van der Waals surface area contributed by atoms with Crippen LogP contribution in [-0.2, 0) is 65.4 Å². The van der Waals surface area contributed by atoms with Gasteiger partial charge in [0.1, 0.15) is 19.3 Å². The molecule has 94 heavy (non-hydrogen) atoms. The highest BCUT2D eigenvalue weighted by atomic mass is 31.2. The van der Waals surface area contributed by atoms with Gasteiger partial charge in [0.05, 0.1) is 26.4 Å². The Bertz CT molecular complexity index is 1850. The van der Waals surface area contributed by atoms with Crippen molar-refractivity contribution >= 4 is 39.5 Å². The van der Waals surface area contributed by atoms with Gasteiger partial charge in [0.15, 0.2) is 12.2 Å². The molecule has 0 saturated carbocycles. The molecule has 3 N–H and O–H groups in total. The first-order valence-corrected chi connectivity index (χ1v) is 41.7. The second-order valence-electron chi connectivity index (χ2n) is 28.9. The molecule has 0 aromatic heterocycles. The first kappa shape index (κ1) is 92.1. The third-order valence-corrected chi connectivity index (χ3v) is 19.2. The lowest BCUT2D eigenvalue weighted by Gasteiger charge is -2.21. The summed E-state index contributed by atoms with van der Waals surface area (Å²) < 4.78 is 68.5. The topological polar surface area (TPSA) is 237 Å². The Morgan fingerprint density at radius 1 is 0.266 bits per heavy atom. The van der Waals surface area contributed by atoms with E-state index in [2.05, 4.69) is 55.4 Å². The number of phosphoric acid groups is 2. The number of aliphatic hydroxyl groups excluding tert-OH is 1. The summed E-state index contributed by atoms with van der Waals surface area (Å²) in [5, 5.41) is 10.6. The first-order chi connectivity index (χ1) is 45.1. The number of ether oxygens (including phenoxy) is 4. The maximum atomic E-state index is 13.1. The summed E-state index contributed by atoms with van der Waals surface area (Å²) in [5.41, 5.74) is 0. The summed E-state index contributed by atoms with van der Waals surface area (Å²) in [5.74, 6) is 0.885. The van der Waals surface area contributed by atoms with Gasteiger partial charge in [0.25, 0.3) is 0 Å². The lowest BCUT2D eigenvalue weighted by atomic mass is 10.0. The molecule has 17 nitrogen and oxygen atoms in total. The Hall–Kier alpha value is -1.94. The fraction of sp³-hybridized carbons (Fsp3) is 0.947. The van der Waals surface area contributed by atoms with E-state index in [9.17, 15) is 43.2 Å². The van der Waals surface area contributed by atoms with E-state index >= 15 is 0 Å². The van der Waals surface area contributed by atoms with Crippen molar-refractivity contribution in [2.24, 2.45) is 23.7 Å². The number of hydrogen-bond donors (Lipinski definition) is 3. The quantitative estimate of drug-likeness (QED) is 0.0222. The predicted octanol–water partition coefficient (Wildman–Crippen LogP) is 21.7. The van der Waals surface area contributed by atoms with Crippen molar-refractivity contribution in [1.29, 1.82) is 0 Å². The standard InChI is InChI=1S/C75H146O17P2/c1-65(2)51-43-35-27-21-15-11-9-10-12-18-25-31-41-49-57-74(79)91-70(61-85-72(77)55-47-39-30-24-17-14-13-16-22-28-36-44-52-66(3)4)63-89-93(81,82)87-59-69(76)60-88-94(83,84)90-64-71(62-86-73(78)56-48-40-34-33-38-46-54-68(7)8)92-75(80)58-50-42-32-26-20-19-23-29-37-45-53-67(5)6/h65-71,76H,9-64H2,1-8H3,(H,81,82)(H,83,84)/t69-,70-,71-/m1/s1. The van der Waals surface area contributed by atoms with Crippen LogP contribution in [0, 0.1) is 23.7 Å². The average Bonchev–Trinajstić information content (AvgIpc) is 3.73. The van der Waals surface area contributed by atoms with E-state index in [1.807, 2.05) is 0 Å². The first-order valence-electron chi connectivity index (χ1n) is 38.7. The van der Waals surface area contributed by atoms with E-state index in [0.29, 0.717) is 31.6 Å². The summed E-state index contributed by atoms with van der Waals surface area (Å²) in [6.45, 7) is 14.1. The van der Waals surface area contributed by atoms with Gasteiger partial charge >= 0.3 is 39.5 Å². The second kappa shape index (κ2) is 64.4. The van der Waals surface area contributed by atoms with E-state index in [1.165, 1.54) is 173 Å². The van der Waals surface area contributed by atoms with Crippen molar-refractivity contribution in [1.82, 2.24) is 0 Å².